The molecular weight excluding hydrogens is 361 g/mol. The van der Waals surface area contributed by atoms with Crippen LogP contribution in [0.5, 0.6) is 0 Å². The zero-order valence-electron chi connectivity index (χ0n) is 11.0. The molecule has 0 amide bonds. The van der Waals surface area contributed by atoms with Gasteiger partial charge in [0.05, 0.1) is 0 Å². The summed E-state index contributed by atoms with van der Waals surface area (Å²) in [5.74, 6) is -1.63. The summed E-state index contributed by atoms with van der Waals surface area (Å²) in [4.78, 5) is 11.7. The molecule has 2 aromatic carbocycles. The lowest BCUT2D eigenvalue weighted by Crippen LogP contribution is -2.40. The van der Waals surface area contributed by atoms with E-state index in [1.165, 1.54) is 19.1 Å². The predicted molar refractivity (Wildman–Crippen MR) is 84.2 cm³/mol. The Kier molecular flexibility index (Phi) is 4.54. The fourth-order valence-corrected chi connectivity index (χ4v) is 2.57. The van der Waals surface area contributed by atoms with E-state index in [0.29, 0.717) is 11.3 Å². The molecule has 0 fully saturated rings. The molecule has 0 aliphatic carbocycles. The third-order valence-corrected chi connectivity index (χ3v) is 3.98. The van der Waals surface area contributed by atoms with Crippen molar-refractivity contribution < 1.29 is 14.3 Å². The lowest BCUT2D eigenvalue weighted by molar-refractivity contribution is -0.142. The molecule has 2 rings (SSSR count). The summed E-state index contributed by atoms with van der Waals surface area (Å²) < 4.78 is 14.0. The standard InChI is InChI=1S/C15H12BrClFNO2/c1-15(14(20)21,12-7-4-10(18)8-13(12)17)19-11-5-2-9(16)3-6-11/h2-8,19H,1H3,(H,20,21). The Morgan fingerprint density at radius 1 is 1.29 bits per heavy atom. The highest BCUT2D eigenvalue weighted by molar-refractivity contribution is 9.10. The number of hydrogen-bond donors (Lipinski definition) is 2. The third kappa shape index (κ3) is 3.36. The smallest absolute Gasteiger partial charge is 0.333 e. The number of rotatable bonds is 4. The molecule has 0 heterocycles. The van der Waals surface area contributed by atoms with E-state index in [4.69, 9.17) is 11.6 Å². The number of hydrogen-bond acceptors (Lipinski definition) is 2. The van der Waals surface area contributed by atoms with Crippen LogP contribution in [0, 0.1) is 5.82 Å². The maximum Gasteiger partial charge on any atom is 0.333 e. The van der Waals surface area contributed by atoms with Crippen LogP contribution >= 0.6 is 27.5 Å². The summed E-state index contributed by atoms with van der Waals surface area (Å²) in [6.07, 6.45) is 0. The summed E-state index contributed by atoms with van der Waals surface area (Å²) in [5, 5.41) is 12.6. The molecule has 3 nitrogen and oxygen atoms in total. The van der Waals surface area contributed by atoms with Gasteiger partial charge in [0.2, 0.25) is 0 Å². The first-order valence-corrected chi connectivity index (χ1v) is 7.23. The van der Waals surface area contributed by atoms with Crippen molar-refractivity contribution in [2.24, 2.45) is 0 Å². The van der Waals surface area contributed by atoms with Crippen molar-refractivity contribution in [2.75, 3.05) is 5.32 Å². The van der Waals surface area contributed by atoms with Crippen molar-refractivity contribution >= 4 is 39.2 Å². The molecule has 0 saturated heterocycles. The van der Waals surface area contributed by atoms with Gasteiger partial charge in [-0.25, -0.2) is 9.18 Å². The minimum Gasteiger partial charge on any atom is -0.479 e. The molecule has 0 saturated carbocycles. The van der Waals surface area contributed by atoms with Crippen molar-refractivity contribution in [2.45, 2.75) is 12.5 Å². The SMILES string of the molecule is CC(Nc1ccc(Br)cc1)(C(=O)O)c1ccc(F)cc1Cl. The van der Waals surface area contributed by atoms with Gasteiger partial charge in [-0.15, -0.1) is 0 Å². The molecule has 0 aliphatic heterocycles. The average molecular weight is 373 g/mol. The van der Waals surface area contributed by atoms with Crippen LogP contribution in [0.2, 0.25) is 5.02 Å². The molecule has 2 N–H and O–H groups in total. The van der Waals surface area contributed by atoms with Crippen LogP contribution in [0.15, 0.2) is 46.9 Å². The third-order valence-electron chi connectivity index (χ3n) is 3.14. The Morgan fingerprint density at radius 2 is 1.90 bits per heavy atom. The molecule has 0 spiro atoms. The fourth-order valence-electron chi connectivity index (χ4n) is 1.95. The van der Waals surface area contributed by atoms with E-state index in [1.807, 2.05) is 0 Å². The van der Waals surface area contributed by atoms with Crippen LogP contribution in [0.3, 0.4) is 0 Å². The molecule has 1 atom stereocenters. The Labute approximate surface area is 134 Å². The van der Waals surface area contributed by atoms with Gasteiger partial charge in [0.1, 0.15) is 5.82 Å². The quantitative estimate of drug-likeness (QED) is 0.821. The number of nitrogens with one attached hydrogen (secondary N) is 1. The number of carboxylic acid groups (broad SMARTS) is 1. The second-order valence-electron chi connectivity index (χ2n) is 4.69. The number of carboxylic acids is 1. The van der Waals surface area contributed by atoms with Gasteiger partial charge >= 0.3 is 5.97 Å². The highest BCUT2D eigenvalue weighted by atomic mass is 79.9. The van der Waals surface area contributed by atoms with Crippen LogP contribution in [-0.4, -0.2) is 11.1 Å². The van der Waals surface area contributed by atoms with Gasteiger partial charge in [-0.3, -0.25) is 0 Å². The molecule has 0 aromatic heterocycles. The van der Waals surface area contributed by atoms with Crippen molar-refractivity contribution in [1.82, 2.24) is 0 Å². The Bertz CT molecular complexity index is 678. The zero-order chi connectivity index (χ0) is 15.6. The number of anilines is 1. The van der Waals surface area contributed by atoms with Crippen molar-refractivity contribution in [3.8, 4) is 0 Å². The molecule has 2 aromatic rings. The van der Waals surface area contributed by atoms with E-state index in [9.17, 15) is 14.3 Å². The maximum atomic E-state index is 13.2. The molecule has 110 valence electrons. The van der Waals surface area contributed by atoms with Gasteiger partial charge in [-0.2, -0.15) is 0 Å². The minimum atomic E-state index is -1.47. The fraction of sp³-hybridized carbons (Fsp3) is 0.133. The average Bonchev–Trinajstić information content (AvgIpc) is 2.41. The highest BCUT2D eigenvalue weighted by Gasteiger charge is 2.37. The molecule has 6 heteroatoms. The van der Waals surface area contributed by atoms with Crippen LogP contribution < -0.4 is 5.32 Å². The van der Waals surface area contributed by atoms with Crippen molar-refractivity contribution in [1.29, 1.82) is 0 Å². The van der Waals surface area contributed by atoms with E-state index < -0.39 is 17.3 Å². The van der Waals surface area contributed by atoms with Gasteiger partial charge in [-0.1, -0.05) is 33.6 Å². The second kappa shape index (κ2) is 6.03. The Balaban J connectivity index is 2.45. The first kappa shape index (κ1) is 15.8. The Hall–Kier alpha value is -1.59. The summed E-state index contributed by atoms with van der Waals surface area (Å²) in [5.41, 5.74) is -0.567. The topological polar surface area (TPSA) is 49.3 Å². The van der Waals surface area contributed by atoms with Gasteiger partial charge in [-0.05, 0) is 43.3 Å². The van der Waals surface area contributed by atoms with E-state index >= 15 is 0 Å². The lowest BCUT2D eigenvalue weighted by Gasteiger charge is -2.29. The first-order valence-electron chi connectivity index (χ1n) is 6.05. The van der Waals surface area contributed by atoms with Gasteiger partial charge < -0.3 is 10.4 Å². The monoisotopic (exact) mass is 371 g/mol. The summed E-state index contributed by atoms with van der Waals surface area (Å²) in [6, 6.07) is 10.7. The highest BCUT2D eigenvalue weighted by Crippen LogP contribution is 2.32. The zero-order valence-corrected chi connectivity index (χ0v) is 13.4. The minimum absolute atomic E-state index is 0.0597. The van der Waals surface area contributed by atoms with Crippen LogP contribution in [-0.2, 0) is 10.3 Å². The summed E-state index contributed by atoms with van der Waals surface area (Å²) in [6.45, 7) is 1.48. The molecular formula is C15H12BrClFNO2. The van der Waals surface area contributed by atoms with E-state index in [2.05, 4.69) is 21.2 Å². The number of aliphatic carboxylic acids is 1. The van der Waals surface area contributed by atoms with E-state index in [1.54, 1.807) is 24.3 Å². The molecule has 0 aliphatic rings. The maximum absolute atomic E-state index is 13.2. The van der Waals surface area contributed by atoms with E-state index in [-0.39, 0.29) is 5.02 Å². The first-order chi connectivity index (χ1) is 9.83. The Morgan fingerprint density at radius 3 is 2.43 bits per heavy atom. The summed E-state index contributed by atoms with van der Waals surface area (Å²) >= 11 is 9.31. The van der Waals surface area contributed by atoms with Crippen LogP contribution in [0.4, 0.5) is 10.1 Å². The van der Waals surface area contributed by atoms with Gasteiger partial charge in [0.15, 0.2) is 5.54 Å². The molecule has 1 unspecified atom stereocenters. The molecule has 0 bridgehead atoms. The van der Waals surface area contributed by atoms with Gasteiger partial charge in [0, 0.05) is 20.7 Å². The van der Waals surface area contributed by atoms with E-state index in [0.717, 1.165) is 10.5 Å². The molecule has 0 radical (unpaired) electrons. The second-order valence-corrected chi connectivity index (χ2v) is 6.01. The predicted octanol–water partition coefficient (Wildman–Crippen LogP) is 4.65. The van der Waals surface area contributed by atoms with Crippen LogP contribution in [0.25, 0.3) is 0 Å². The number of carbonyl (C=O) groups is 1. The van der Waals surface area contributed by atoms with Crippen molar-refractivity contribution in [3.05, 3.63) is 63.3 Å². The summed E-state index contributed by atoms with van der Waals surface area (Å²) in [7, 11) is 0. The van der Waals surface area contributed by atoms with Crippen molar-refractivity contribution in [3.63, 3.8) is 0 Å². The number of halogens is 3. The lowest BCUT2D eigenvalue weighted by atomic mass is 9.91. The largest absolute Gasteiger partial charge is 0.479 e. The van der Waals surface area contributed by atoms with Gasteiger partial charge in [0.25, 0.3) is 0 Å². The van der Waals surface area contributed by atoms with Crippen LogP contribution in [0.1, 0.15) is 12.5 Å². The molecule has 21 heavy (non-hydrogen) atoms. The normalized spacial score (nSPS) is 13.5. The number of benzene rings is 2.